The van der Waals surface area contributed by atoms with E-state index in [-0.39, 0.29) is 11.9 Å². The Balaban J connectivity index is 2.04. The number of amides is 1. The minimum atomic E-state index is -0.344. The van der Waals surface area contributed by atoms with Gasteiger partial charge >= 0.3 is 0 Å². The van der Waals surface area contributed by atoms with Gasteiger partial charge in [-0.2, -0.15) is 0 Å². The SMILES string of the molecule is CC[C@@H](Nc1ccccc1Cl)C(=O)Nc1nccs1. The Morgan fingerprint density at radius 2 is 2.26 bits per heavy atom. The summed E-state index contributed by atoms with van der Waals surface area (Å²) in [5, 5.41) is 8.94. The van der Waals surface area contributed by atoms with Gasteiger partial charge in [0.25, 0.3) is 0 Å². The lowest BCUT2D eigenvalue weighted by molar-refractivity contribution is -0.116. The summed E-state index contributed by atoms with van der Waals surface area (Å²) < 4.78 is 0. The van der Waals surface area contributed by atoms with Crippen molar-refractivity contribution < 1.29 is 4.79 Å². The molecule has 0 radical (unpaired) electrons. The lowest BCUT2D eigenvalue weighted by Gasteiger charge is -2.17. The summed E-state index contributed by atoms with van der Waals surface area (Å²) in [6, 6.07) is 7.02. The fourth-order valence-corrected chi connectivity index (χ4v) is 2.32. The van der Waals surface area contributed by atoms with Crippen molar-refractivity contribution in [1.29, 1.82) is 0 Å². The van der Waals surface area contributed by atoms with Crippen molar-refractivity contribution in [3.05, 3.63) is 40.9 Å². The van der Waals surface area contributed by atoms with Gasteiger partial charge in [-0.05, 0) is 18.6 Å². The minimum absolute atomic E-state index is 0.114. The Hall–Kier alpha value is -1.59. The number of thiazole rings is 1. The van der Waals surface area contributed by atoms with Gasteiger partial charge in [-0.15, -0.1) is 11.3 Å². The zero-order chi connectivity index (χ0) is 13.7. The van der Waals surface area contributed by atoms with E-state index in [1.165, 1.54) is 11.3 Å². The van der Waals surface area contributed by atoms with Crippen molar-refractivity contribution in [1.82, 2.24) is 4.98 Å². The third-order valence-corrected chi connectivity index (χ3v) is 3.61. The van der Waals surface area contributed by atoms with E-state index in [2.05, 4.69) is 15.6 Å². The lowest BCUT2D eigenvalue weighted by atomic mass is 10.2. The van der Waals surface area contributed by atoms with E-state index >= 15 is 0 Å². The topological polar surface area (TPSA) is 54.0 Å². The molecule has 0 saturated carbocycles. The maximum Gasteiger partial charge on any atom is 0.248 e. The van der Waals surface area contributed by atoms with Gasteiger partial charge in [-0.25, -0.2) is 4.98 Å². The van der Waals surface area contributed by atoms with Gasteiger partial charge in [0, 0.05) is 11.6 Å². The molecule has 0 saturated heterocycles. The molecule has 2 aromatic rings. The quantitative estimate of drug-likeness (QED) is 0.886. The maximum absolute atomic E-state index is 12.1. The molecule has 4 nitrogen and oxygen atoms in total. The first-order valence-electron chi connectivity index (χ1n) is 5.92. The van der Waals surface area contributed by atoms with Gasteiger partial charge in [0.15, 0.2) is 5.13 Å². The van der Waals surface area contributed by atoms with Crippen LogP contribution in [0, 0.1) is 0 Å². The van der Waals surface area contributed by atoms with Crippen molar-refractivity contribution in [2.24, 2.45) is 0 Å². The molecule has 1 aromatic heterocycles. The third-order valence-electron chi connectivity index (χ3n) is 2.59. The number of halogens is 1. The molecule has 2 rings (SSSR count). The number of aromatic nitrogens is 1. The van der Waals surface area contributed by atoms with Crippen molar-refractivity contribution >= 4 is 39.7 Å². The first-order chi connectivity index (χ1) is 9.20. The molecule has 1 aromatic carbocycles. The second-order valence-electron chi connectivity index (χ2n) is 3.91. The monoisotopic (exact) mass is 295 g/mol. The molecule has 0 aliphatic rings. The first-order valence-corrected chi connectivity index (χ1v) is 7.18. The zero-order valence-electron chi connectivity index (χ0n) is 10.4. The van der Waals surface area contributed by atoms with Gasteiger partial charge in [0.1, 0.15) is 6.04 Å². The minimum Gasteiger partial charge on any atom is -0.372 e. The lowest BCUT2D eigenvalue weighted by Crippen LogP contribution is -2.34. The number of rotatable bonds is 5. The van der Waals surface area contributed by atoms with E-state index in [1.807, 2.05) is 30.5 Å². The second-order valence-corrected chi connectivity index (χ2v) is 5.21. The summed E-state index contributed by atoms with van der Waals surface area (Å²) in [7, 11) is 0. The highest BCUT2D eigenvalue weighted by Gasteiger charge is 2.17. The van der Waals surface area contributed by atoms with Crippen LogP contribution in [-0.4, -0.2) is 16.9 Å². The molecule has 1 atom stereocenters. The fraction of sp³-hybridized carbons (Fsp3) is 0.231. The van der Waals surface area contributed by atoms with Crippen LogP contribution in [-0.2, 0) is 4.79 Å². The smallest absolute Gasteiger partial charge is 0.248 e. The number of nitrogens with one attached hydrogen (secondary N) is 2. The number of carbonyl (C=O) groups excluding carboxylic acids is 1. The van der Waals surface area contributed by atoms with Gasteiger partial charge in [0.05, 0.1) is 10.7 Å². The summed E-state index contributed by atoms with van der Waals surface area (Å²) in [4.78, 5) is 16.1. The number of para-hydroxylation sites is 1. The standard InChI is InChI=1S/C13H14ClN3OS/c1-2-10(12(18)17-13-15-7-8-19-13)16-11-6-4-3-5-9(11)14/h3-8,10,16H,2H2,1H3,(H,15,17,18)/t10-/m1/s1. The van der Waals surface area contributed by atoms with Crippen molar-refractivity contribution in [3.8, 4) is 0 Å². The van der Waals surface area contributed by atoms with Crippen LogP contribution in [0.4, 0.5) is 10.8 Å². The van der Waals surface area contributed by atoms with E-state index in [0.29, 0.717) is 16.6 Å². The molecule has 100 valence electrons. The second kappa shape index (κ2) is 6.54. The summed E-state index contributed by atoms with van der Waals surface area (Å²) in [6.45, 7) is 1.94. The highest BCUT2D eigenvalue weighted by atomic mass is 35.5. The number of nitrogens with zero attached hydrogens (tertiary/aromatic N) is 1. The molecular formula is C13H14ClN3OS. The summed E-state index contributed by atoms with van der Waals surface area (Å²) >= 11 is 7.46. The van der Waals surface area contributed by atoms with E-state index in [1.54, 1.807) is 12.3 Å². The highest BCUT2D eigenvalue weighted by Crippen LogP contribution is 2.22. The molecular weight excluding hydrogens is 282 g/mol. The van der Waals surface area contributed by atoms with Crippen LogP contribution >= 0.6 is 22.9 Å². The Morgan fingerprint density at radius 3 is 2.89 bits per heavy atom. The zero-order valence-corrected chi connectivity index (χ0v) is 12.0. The van der Waals surface area contributed by atoms with Crippen LogP contribution in [0.3, 0.4) is 0 Å². The van der Waals surface area contributed by atoms with Crippen LogP contribution in [0.15, 0.2) is 35.8 Å². The third kappa shape index (κ3) is 3.68. The average Bonchev–Trinajstić information content (AvgIpc) is 2.90. The molecule has 0 aliphatic heterocycles. The van der Waals surface area contributed by atoms with Crippen LogP contribution in [0.1, 0.15) is 13.3 Å². The molecule has 0 bridgehead atoms. The molecule has 0 fully saturated rings. The Kier molecular flexibility index (Phi) is 4.76. The van der Waals surface area contributed by atoms with Gasteiger partial charge in [-0.3, -0.25) is 4.79 Å². The number of hydrogen-bond donors (Lipinski definition) is 2. The van der Waals surface area contributed by atoms with Crippen molar-refractivity contribution in [2.75, 3.05) is 10.6 Å². The molecule has 0 unspecified atom stereocenters. The maximum atomic E-state index is 12.1. The van der Waals surface area contributed by atoms with E-state index < -0.39 is 0 Å². The van der Waals surface area contributed by atoms with Crippen molar-refractivity contribution in [3.63, 3.8) is 0 Å². The van der Waals surface area contributed by atoms with E-state index in [4.69, 9.17) is 11.6 Å². The molecule has 0 spiro atoms. The Labute approximate surface area is 120 Å². The van der Waals surface area contributed by atoms with Gasteiger partial charge in [-0.1, -0.05) is 30.7 Å². The highest BCUT2D eigenvalue weighted by molar-refractivity contribution is 7.13. The van der Waals surface area contributed by atoms with Crippen LogP contribution in [0.2, 0.25) is 5.02 Å². The van der Waals surface area contributed by atoms with E-state index in [0.717, 1.165) is 5.69 Å². The molecule has 1 amide bonds. The number of carbonyl (C=O) groups is 1. The molecule has 1 heterocycles. The van der Waals surface area contributed by atoms with Gasteiger partial charge < -0.3 is 10.6 Å². The summed E-state index contributed by atoms with van der Waals surface area (Å²) in [6.07, 6.45) is 2.31. The molecule has 19 heavy (non-hydrogen) atoms. The largest absolute Gasteiger partial charge is 0.372 e. The van der Waals surface area contributed by atoms with Crippen molar-refractivity contribution in [2.45, 2.75) is 19.4 Å². The molecule has 2 N–H and O–H groups in total. The Morgan fingerprint density at radius 1 is 1.47 bits per heavy atom. The number of benzene rings is 1. The summed E-state index contributed by atoms with van der Waals surface area (Å²) in [5.41, 5.74) is 0.755. The van der Waals surface area contributed by atoms with Gasteiger partial charge in [0.2, 0.25) is 5.91 Å². The number of anilines is 2. The fourth-order valence-electron chi connectivity index (χ4n) is 1.60. The predicted molar refractivity (Wildman–Crippen MR) is 79.9 cm³/mol. The molecule has 6 heteroatoms. The average molecular weight is 296 g/mol. The van der Waals surface area contributed by atoms with Crippen LogP contribution < -0.4 is 10.6 Å². The first kappa shape index (κ1) is 13.8. The number of hydrogen-bond acceptors (Lipinski definition) is 4. The summed E-state index contributed by atoms with van der Waals surface area (Å²) in [5.74, 6) is -0.114. The van der Waals surface area contributed by atoms with Crippen LogP contribution in [0.5, 0.6) is 0 Å². The van der Waals surface area contributed by atoms with Crippen LogP contribution in [0.25, 0.3) is 0 Å². The molecule has 0 aliphatic carbocycles. The Bertz CT molecular complexity index is 545. The predicted octanol–water partition coefficient (Wildman–Crippen LogP) is 3.63. The van der Waals surface area contributed by atoms with E-state index in [9.17, 15) is 4.79 Å². The normalized spacial score (nSPS) is 11.9.